The van der Waals surface area contributed by atoms with Gasteiger partial charge in [-0.05, 0) is 58.7 Å². The highest BCUT2D eigenvalue weighted by Crippen LogP contribution is 2.12. The third kappa shape index (κ3) is 12.6. The molecular formula is C13H31NO3Si2. The molecule has 0 heterocycles. The second kappa shape index (κ2) is 8.89. The summed E-state index contributed by atoms with van der Waals surface area (Å²) in [4.78, 5) is 11.5. The molecule has 19 heavy (non-hydrogen) atoms. The highest BCUT2D eigenvalue weighted by atomic mass is 28.4. The van der Waals surface area contributed by atoms with Crippen molar-refractivity contribution in [3.8, 4) is 0 Å². The Balaban J connectivity index is 3.53. The SMILES string of the molecule is CCO[Si](C)(C)CCCNCCC(=O)O[Si](C)(C)C. The van der Waals surface area contributed by atoms with E-state index in [1.165, 1.54) is 0 Å². The van der Waals surface area contributed by atoms with Crippen molar-refractivity contribution in [1.82, 2.24) is 5.32 Å². The summed E-state index contributed by atoms with van der Waals surface area (Å²) in [6.45, 7) is 15.1. The predicted molar refractivity (Wildman–Crippen MR) is 85.5 cm³/mol. The van der Waals surface area contributed by atoms with Crippen molar-refractivity contribution in [3.05, 3.63) is 0 Å². The average molecular weight is 306 g/mol. The first-order valence-electron chi connectivity index (χ1n) is 7.23. The first-order chi connectivity index (χ1) is 8.66. The second-order valence-corrected chi connectivity index (χ2v) is 15.1. The zero-order valence-corrected chi connectivity index (χ0v) is 15.5. The molecular weight excluding hydrogens is 274 g/mol. The van der Waals surface area contributed by atoms with Crippen LogP contribution in [0.3, 0.4) is 0 Å². The summed E-state index contributed by atoms with van der Waals surface area (Å²) in [7, 11) is -3.16. The van der Waals surface area contributed by atoms with Crippen molar-refractivity contribution in [3.63, 3.8) is 0 Å². The van der Waals surface area contributed by atoms with Gasteiger partial charge in [0.05, 0.1) is 6.42 Å². The number of carbonyl (C=O) groups excluding carboxylic acids is 1. The molecule has 0 amide bonds. The Kier molecular flexibility index (Phi) is 8.81. The van der Waals surface area contributed by atoms with Crippen LogP contribution in [-0.2, 0) is 13.6 Å². The molecule has 0 aromatic rings. The minimum absolute atomic E-state index is 0.0734. The van der Waals surface area contributed by atoms with Crippen molar-refractivity contribution < 1.29 is 13.6 Å². The van der Waals surface area contributed by atoms with Gasteiger partial charge in [0, 0.05) is 13.2 Å². The van der Waals surface area contributed by atoms with Crippen LogP contribution in [0.15, 0.2) is 0 Å². The third-order valence-corrected chi connectivity index (χ3v) is 6.06. The highest BCUT2D eigenvalue weighted by Gasteiger charge is 2.21. The maximum Gasteiger partial charge on any atom is 0.293 e. The van der Waals surface area contributed by atoms with Gasteiger partial charge in [0.1, 0.15) is 0 Å². The van der Waals surface area contributed by atoms with Crippen molar-refractivity contribution in [2.24, 2.45) is 0 Å². The molecule has 0 aliphatic rings. The topological polar surface area (TPSA) is 47.6 Å². The van der Waals surface area contributed by atoms with Crippen LogP contribution in [0.2, 0.25) is 38.8 Å². The molecule has 0 spiro atoms. The number of carbonyl (C=O) groups is 1. The molecule has 1 N–H and O–H groups in total. The van der Waals surface area contributed by atoms with Gasteiger partial charge < -0.3 is 14.2 Å². The molecule has 0 radical (unpaired) electrons. The van der Waals surface area contributed by atoms with Crippen LogP contribution in [0, 0.1) is 0 Å². The lowest BCUT2D eigenvalue weighted by Gasteiger charge is -2.21. The predicted octanol–water partition coefficient (Wildman–Crippen LogP) is 2.98. The van der Waals surface area contributed by atoms with Crippen LogP contribution in [-0.4, -0.2) is 42.3 Å². The summed E-state index contributed by atoms with van der Waals surface area (Å²) >= 11 is 0. The smallest absolute Gasteiger partial charge is 0.293 e. The molecule has 0 aliphatic carbocycles. The Bertz CT molecular complexity index is 265. The Hall–Kier alpha value is -0.176. The fourth-order valence-electron chi connectivity index (χ4n) is 1.81. The number of hydrogen-bond acceptors (Lipinski definition) is 4. The van der Waals surface area contributed by atoms with Crippen LogP contribution in [0.5, 0.6) is 0 Å². The van der Waals surface area contributed by atoms with Gasteiger partial charge >= 0.3 is 0 Å². The summed E-state index contributed by atoms with van der Waals surface area (Å²) in [5.74, 6) is -0.0734. The fraction of sp³-hybridized carbons (Fsp3) is 0.923. The summed E-state index contributed by atoms with van der Waals surface area (Å²) in [5, 5.41) is 3.30. The highest BCUT2D eigenvalue weighted by molar-refractivity contribution is 6.71. The number of hydrogen-bond donors (Lipinski definition) is 1. The number of rotatable bonds is 10. The van der Waals surface area contributed by atoms with Gasteiger partial charge in [-0.15, -0.1) is 0 Å². The summed E-state index contributed by atoms with van der Waals surface area (Å²) in [6, 6.07) is 1.16. The Labute approximate surface area is 120 Å². The molecule has 0 rings (SSSR count). The van der Waals surface area contributed by atoms with E-state index in [9.17, 15) is 4.79 Å². The van der Waals surface area contributed by atoms with Gasteiger partial charge in [-0.25, -0.2) is 0 Å². The van der Waals surface area contributed by atoms with Gasteiger partial charge in [-0.1, -0.05) is 0 Å². The molecule has 0 saturated carbocycles. The standard InChI is InChI=1S/C13H31NO3Si2/c1-7-16-19(5,6)12-8-10-14-11-9-13(15)17-18(2,3)4/h14H,7-12H2,1-6H3. The summed E-state index contributed by atoms with van der Waals surface area (Å²) < 4.78 is 11.1. The number of nitrogens with one attached hydrogen (secondary N) is 1. The first-order valence-corrected chi connectivity index (χ1v) is 13.8. The zero-order chi connectivity index (χ0) is 14.9. The molecule has 0 atom stereocenters. The zero-order valence-electron chi connectivity index (χ0n) is 13.5. The normalized spacial score (nSPS) is 12.5. The molecule has 0 unspecified atom stereocenters. The fourth-order valence-corrected chi connectivity index (χ4v) is 4.55. The molecule has 4 nitrogen and oxygen atoms in total. The minimum atomic E-state index is -1.72. The van der Waals surface area contributed by atoms with Crippen LogP contribution >= 0.6 is 0 Å². The van der Waals surface area contributed by atoms with E-state index < -0.39 is 16.6 Å². The summed E-state index contributed by atoms with van der Waals surface area (Å²) in [6.07, 6.45) is 1.58. The van der Waals surface area contributed by atoms with Gasteiger partial charge in [0.2, 0.25) is 8.32 Å². The van der Waals surface area contributed by atoms with Gasteiger partial charge in [-0.2, -0.15) is 0 Å². The molecule has 0 bridgehead atoms. The van der Waals surface area contributed by atoms with Gasteiger partial charge in [0.15, 0.2) is 8.32 Å². The van der Waals surface area contributed by atoms with E-state index in [1.807, 2.05) is 19.6 Å². The summed E-state index contributed by atoms with van der Waals surface area (Å²) in [5.41, 5.74) is 0. The van der Waals surface area contributed by atoms with E-state index in [0.29, 0.717) is 13.0 Å². The van der Waals surface area contributed by atoms with Crippen molar-refractivity contribution in [1.29, 1.82) is 0 Å². The van der Waals surface area contributed by atoms with Crippen LogP contribution in [0.25, 0.3) is 0 Å². The van der Waals surface area contributed by atoms with Crippen molar-refractivity contribution >= 4 is 22.6 Å². The van der Waals surface area contributed by atoms with Gasteiger partial charge in [0.25, 0.3) is 5.97 Å². The lowest BCUT2D eigenvalue weighted by molar-refractivity contribution is -0.135. The maximum absolute atomic E-state index is 11.5. The molecule has 0 aliphatic heterocycles. The molecule has 0 aromatic carbocycles. The van der Waals surface area contributed by atoms with Crippen molar-refractivity contribution in [2.75, 3.05) is 19.7 Å². The second-order valence-electron chi connectivity index (χ2n) is 6.38. The molecule has 6 heteroatoms. The quantitative estimate of drug-likeness (QED) is 0.498. The first kappa shape index (κ1) is 18.8. The van der Waals surface area contributed by atoms with E-state index in [-0.39, 0.29) is 5.97 Å². The Morgan fingerprint density at radius 2 is 1.74 bits per heavy atom. The maximum atomic E-state index is 11.5. The molecule has 0 saturated heterocycles. The van der Waals surface area contributed by atoms with Crippen LogP contribution in [0.1, 0.15) is 19.8 Å². The molecule has 114 valence electrons. The lowest BCUT2D eigenvalue weighted by atomic mass is 10.4. The monoisotopic (exact) mass is 305 g/mol. The van der Waals surface area contributed by atoms with Crippen LogP contribution in [0.4, 0.5) is 0 Å². The van der Waals surface area contributed by atoms with Crippen LogP contribution < -0.4 is 5.32 Å². The van der Waals surface area contributed by atoms with Crippen molar-refractivity contribution in [2.45, 2.75) is 58.5 Å². The van der Waals surface area contributed by atoms with E-state index >= 15 is 0 Å². The van der Waals surface area contributed by atoms with E-state index in [2.05, 4.69) is 25.3 Å². The van der Waals surface area contributed by atoms with Gasteiger partial charge in [-0.3, -0.25) is 4.79 Å². The average Bonchev–Trinajstić information content (AvgIpc) is 2.20. The Morgan fingerprint density at radius 1 is 1.11 bits per heavy atom. The third-order valence-electron chi connectivity index (χ3n) is 2.59. The minimum Gasteiger partial charge on any atom is -0.520 e. The molecule has 0 fully saturated rings. The van der Waals surface area contributed by atoms with E-state index in [4.69, 9.17) is 8.85 Å². The lowest BCUT2D eigenvalue weighted by Crippen LogP contribution is -2.32. The molecule has 0 aromatic heterocycles. The largest absolute Gasteiger partial charge is 0.520 e. The van der Waals surface area contributed by atoms with E-state index in [0.717, 1.165) is 25.6 Å². The van der Waals surface area contributed by atoms with E-state index in [1.54, 1.807) is 0 Å². The Morgan fingerprint density at radius 3 is 2.26 bits per heavy atom.